The van der Waals surface area contributed by atoms with Crippen LogP contribution in [-0.4, -0.2) is 34.5 Å². The van der Waals surface area contributed by atoms with E-state index >= 15 is 0 Å². The van der Waals surface area contributed by atoms with E-state index in [0.29, 0.717) is 11.3 Å². The van der Waals surface area contributed by atoms with Crippen LogP contribution in [0, 0.1) is 4.84 Å². The molecule has 1 amide bonds. The Morgan fingerprint density at radius 1 is 1.07 bits per heavy atom. The molecule has 2 aromatic carbocycles. The first-order valence-corrected chi connectivity index (χ1v) is 10.2. The molecule has 0 saturated carbocycles. The van der Waals surface area contributed by atoms with Gasteiger partial charge in [-0.05, 0) is 49.2 Å². The summed E-state index contributed by atoms with van der Waals surface area (Å²) >= 11 is 5.38. The fraction of sp³-hybridized carbons (Fsp3) is 0.364. The number of carbonyl (C=O) groups excluding carboxylic acids is 1. The van der Waals surface area contributed by atoms with Gasteiger partial charge in [-0.1, -0.05) is 42.5 Å². The number of carbonyl (C=O) groups is 1. The summed E-state index contributed by atoms with van der Waals surface area (Å²) in [4.78, 5) is 15.1. The van der Waals surface area contributed by atoms with Gasteiger partial charge < -0.3 is 9.73 Å². The highest BCUT2D eigenvalue weighted by molar-refractivity contribution is 7.71. The molecule has 0 spiro atoms. The van der Waals surface area contributed by atoms with E-state index in [-0.39, 0.29) is 11.9 Å². The zero-order chi connectivity index (χ0) is 19.3. The molecule has 0 radical (unpaired) electrons. The van der Waals surface area contributed by atoms with E-state index in [0.717, 1.165) is 50.1 Å². The topological polar surface area (TPSA) is 50.4 Å². The summed E-state index contributed by atoms with van der Waals surface area (Å²) in [6.45, 7) is 2.60. The molecule has 0 bridgehead atoms. The number of aryl methyl sites for hydroxylation is 1. The van der Waals surface area contributed by atoms with Crippen LogP contribution >= 0.6 is 12.2 Å². The second kappa shape index (κ2) is 8.71. The molecule has 146 valence electrons. The lowest BCUT2D eigenvalue weighted by atomic mass is 10.0. The van der Waals surface area contributed by atoms with Gasteiger partial charge in [-0.2, -0.15) is 0 Å². The molecular formula is C22H25N3O2S. The van der Waals surface area contributed by atoms with Crippen LogP contribution in [0.25, 0.3) is 11.1 Å². The number of fused-ring (bicyclic) bond motifs is 1. The number of hydrogen-bond donors (Lipinski definition) is 1. The molecule has 1 aliphatic heterocycles. The summed E-state index contributed by atoms with van der Waals surface area (Å²) in [5.74, 6) is 0.144. The van der Waals surface area contributed by atoms with Gasteiger partial charge in [0.25, 0.3) is 4.84 Å². The Morgan fingerprint density at radius 2 is 1.79 bits per heavy atom. The molecule has 2 heterocycles. The van der Waals surface area contributed by atoms with Gasteiger partial charge in [-0.15, -0.1) is 0 Å². The Balaban J connectivity index is 1.26. The molecule has 28 heavy (non-hydrogen) atoms. The Hall–Kier alpha value is -2.44. The highest BCUT2D eigenvalue weighted by atomic mass is 32.1. The van der Waals surface area contributed by atoms with Crippen molar-refractivity contribution < 1.29 is 9.21 Å². The lowest BCUT2D eigenvalue weighted by Gasteiger charge is -2.32. The molecule has 3 aromatic rings. The third kappa shape index (κ3) is 4.51. The number of benzene rings is 2. The van der Waals surface area contributed by atoms with E-state index in [1.54, 1.807) is 0 Å². The molecule has 1 aromatic heterocycles. The smallest absolute Gasteiger partial charge is 0.270 e. The number of rotatable bonds is 6. The highest BCUT2D eigenvalue weighted by Gasteiger charge is 2.21. The summed E-state index contributed by atoms with van der Waals surface area (Å²) in [6, 6.07) is 18.3. The second-order valence-electron chi connectivity index (χ2n) is 7.35. The standard InChI is InChI=1S/C22H25N3O2S/c26-21(11-10-17-6-2-1-3-7-17)23-18-12-14-24(15-13-18)16-25-19-8-4-5-9-20(19)27-22(25)28/h1-9,18H,10-16H2,(H,23,26). The molecule has 6 heteroatoms. The lowest BCUT2D eigenvalue weighted by molar-refractivity contribution is -0.122. The van der Waals surface area contributed by atoms with Crippen molar-refractivity contribution in [3.63, 3.8) is 0 Å². The van der Waals surface area contributed by atoms with Crippen molar-refractivity contribution >= 4 is 29.2 Å². The van der Waals surface area contributed by atoms with Crippen LogP contribution < -0.4 is 5.32 Å². The maximum atomic E-state index is 12.3. The third-order valence-corrected chi connectivity index (χ3v) is 5.66. The summed E-state index contributed by atoms with van der Waals surface area (Å²) < 4.78 is 7.72. The number of nitrogens with zero attached hydrogens (tertiary/aromatic N) is 2. The average molecular weight is 396 g/mol. The van der Waals surface area contributed by atoms with E-state index in [9.17, 15) is 4.79 Å². The van der Waals surface area contributed by atoms with Crippen molar-refractivity contribution in [2.45, 2.75) is 38.4 Å². The maximum Gasteiger partial charge on any atom is 0.270 e. The Kier molecular flexibility index (Phi) is 5.88. The van der Waals surface area contributed by atoms with Crippen LogP contribution in [0.3, 0.4) is 0 Å². The van der Waals surface area contributed by atoms with Crippen LogP contribution in [0.5, 0.6) is 0 Å². The Morgan fingerprint density at radius 3 is 2.57 bits per heavy atom. The first-order valence-electron chi connectivity index (χ1n) is 9.83. The van der Waals surface area contributed by atoms with Crippen molar-refractivity contribution in [3.8, 4) is 0 Å². The van der Waals surface area contributed by atoms with E-state index in [2.05, 4.69) is 22.3 Å². The van der Waals surface area contributed by atoms with Gasteiger partial charge in [0.05, 0.1) is 12.2 Å². The highest BCUT2D eigenvalue weighted by Crippen LogP contribution is 2.19. The van der Waals surface area contributed by atoms with Crippen LogP contribution in [0.2, 0.25) is 0 Å². The normalized spacial score (nSPS) is 15.7. The number of aromatic nitrogens is 1. The zero-order valence-corrected chi connectivity index (χ0v) is 16.7. The minimum Gasteiger partial charge on any atom is -0.429 e. The number of oxazole rings is 1. The van der Waals surface area contributed by atoms with E-state index in [1.165, 1.54) is 5.56 Å². The number of hydrogen-bond acceptors (Lipinski definition) is 4. The van der Waals surface area contributed by atoms with Crippen LogP contribution in [0.15, 0.2) is 59.0 Å². The van der Waals surface area contributed by atoms with Gasteiger partial charge in [0.1, 0.15) is 0 Å². The lowest BCUT2D eigenvalue weighted by Crippen LogP contribution is -2.45. The first-order chi connectivity index (χ1) is 13.7. The molecule has 1 fully saturated rings. The summed E-state index contributed by atoms with van der Waals surface area (Å²) in [6.07, 6.45) is 3.25. The number of para-hydroxylation sites is 2. The molecule has 0 atom stereocenters. The van der Waals surface area contributed by atoms with Gasteiger partial charge in [0.2, 0.25) is 5.91 Å². The summed E-state index contributed by atoms with van der Waals surface area (Å²) in [5, 5.41) is 3.20. The third-order valence-electron chi connectivity index (χ3n) is 5.35. The van der Waals surface area contributed by atoms with Crippen molar-refractivity contribution in [1.29, 1.82) is 0 Å². The fourth-order valence-electron chi connectivity index (χ4n) is 3.77. The molecule has 1 N–H and O–H groups in total. The van der Waals surface area contributed by atoms with E-state index < -0.39 is 0 Å². The second-order valence-corrected chi connectivity index (χ2v) is 7.70. The molecule has 5 nitrogen and oxygen atoms in total. The van der Waals surface area contributed by atoms with Crippen molar-refractivity contribution in [1.82, 2.24) is 14.8 Å². The van der Waals surface area contributed by atoms with E-state index in [1.807, 2.05) is 47.0 Å². The number of amides is 1. The predicted molar refractivity (Wildman–Crippen MR) is 113 cm³/mol. The summed E-state index contributed by atoms with van der Waals surface area (Å²) in [7, 11) is 0. The largest absolute Gasteiger partial charge is 0.429 e. The predicted octanol–water partition coefficient (Wildman–Crippen LogP) is 4.13. The van der Waals surface area contributed by atoms with Crippen molar-refractivity contribution in [2.75, 3.05) is 13.1 Å². The fourth-order valence-corrected chi connectivity index (χ4v) is 4.01. The molecule has 4 rings (SSSR count). The zero-order valence-electron chi connectivity index (χ0n) is 15.8. The SMILES string of the molecule is O=C(CCc1ccccc1)NC1CCN(Cn2c(=S)oc3ccccc32)CC1. The molecular weight excluding hydrogens is 370 g/mol. The van der Waals surface area contributed by atoms with Gasteiger partial charge in [0.15, 0.2) is 5.58 Å². The first kappa shape index (κ1) is 18.9. The van der Waals surface area contributed by atoms with Gasteiger partial charge in [0, 0.05) is 25.6 Å². The maximum absolute atomic E-state index is 12.3. The van der Waals surface area contributed by atoms with Crippen LogP contribution in [0.4, 0.5) is 0 Å². The van der Waals surface area contributed by atoms with Crippen LogP contribution in [0.1, 0.15) is 24.8 Å². The number of likely N-dealkylation sites (tertiary alicyclic amines) is 1. The Labute approximate surface area is 170 Å². The van der Waals surface area contributed by atoms with Gasteiger partial charge in [-0.3, -0.25) is 14.3 Å². The van der Waals surface area contributed by atoms with Gasteiger partial charge in [-0.25, -0.2) is 0 Å². The quantitative estimate of drug-likeness (QED) is 0.638. The Bertz CT molecular complexity index is 988. The van der Waals surface area contributed by atoms with E-state index in [4.69, 9.17) is 16.6 Å². The van der Waals surface area contributed by atoms with Crippen LogP contribution in [-0.2, 0) is 17.9 Å². The monoisotopic (exact) mass is 395 g/mol. The molecule has 0 unspecified atom stereocenters. The van der Waals surface area contributed by atoms with Gasteiger partial charge >= 0.3 is 0 Å². The average Bonchev–Trinajstić information content (AvgIpc) is 3.04. The van der Waals surface area contributed by atoms with Crippen molar-refractivity contribution in [2.24, 2.45) is 0 Å². The number of piperidine rings is 1. The molecule has 1 aliphatic rings. The van der Waals surface area contributed by atoms with Crippen molar-refractivity contribution in [3.05, 3.63) is 65.0 Å². The minimum absolute atomic E-state index is 0.144. The summed E-state index contributed by atoms with van der Waals surface area (Å²) in [5.41, 5.74) is 3.06. The number of nitrogens with one attached hydrogen (secondary N) is 1. The molecule has 1 saturated heterocycles. The molecule has 0 aliphatic carbocycles. The minimum atomic E-state index is 0.144.